The monoisotopic (exact) mass is 317 g/mol. The van der Waals surface area contributed by atoms with Crippen molar-refractivity contribution in [2.75, 3.05) is 20.2 Å². The van der Waals surface area contributed by atoms with E-state index in [1.54, 1.807) is 7.11 Å². The molecule has 0 aliphatic carbocycles. The maximum Gasteiger partial charge on any atom is 0.410 e. The molecule has 0 radical (unpaired) electrons. The van der Waals surface area contributed by atoms with Crippen molar-refractivity contribution in [3.63, 3.8) is 0 Å². The maximum atomic E-state index is 11.9. The minimum atomic E-state index is -0.711. The maximum absolute atomic E-state index is 11.9. The van der Waals surface area contributed by atoms with E-state index in [1.165, 1.54) is 4.90 Å². The minimum Gasteiger partial charge on any atom is -0.497 e. The highest BCUT2D eigenvalue weighted by molar-refractivity contribution is 5.70. The Morgan fingerprint density at radius 1 is 1.35 bits per heavy atom. The molecule has 0 bridgehead atoms. The lowest BCUT2D eigenvalue weighted by atomic mass is 9.91. The van der Waals surface area contributed by atoms with Crippen LogP contribution in [0.1, 0.15) is 26.3 Å². The van der Waals surface area contributed by atoms with Crippen molar-refractivity contribution in [1.82, 2.24) is 10.2 Å². The van der Waals surface area contributed by atoms with Gasteiger partial charge in [-0.2, -0.15) is 5.26 Å². The van der Waals surface area contributed by atoms with E-state index in [9.17, 15) is 10.1 Å². The fraction of sp³-hybridized carbons (Fsp3) is 0.529. The highest BCUT2D eigenvalue weighted by atomic mass is 16.6. The molecule has 6 heteroatoms. The summed E-state index contributed by atoms with van der Waals surface area (Å²) in [6.07, 6.45) is -0.380. The first kappa shape index (κ1) is 17.1. The molecule has 1 N–H and O–H groups in total. The molecule has 0 spiro atoms. The van der Waals surface area contributed by atoms with Crippen molar-refractivity contribution >= 4 is 6.09 Å². The summed E-state index contributed by atoms with van der Waals surface area (Å²) in [4.78, 5) is 13.5. The average Bonchev–Trinajstić information content (AvgIpc) is 2.45. The number of nitriles is 1. The number of hydrogen-bond acceptors (Lipinski definition) is 5. The lowest BCUT2D eigenvalue weighted by molar-refractivity contribution is -0.00518. The molecule has 1 aromatic rings. The van der Waals surface area contributed by atoms with Gasteiger partial charge in [0.15, 0.2) is 0 Å². The van der Waals surface area contributed by atoms with Crippen molar-refractivity contribution in [1.29, 1.82) is 5.26 Å². The van der Waals surface area contributed by atoms with E-state index in [-0.39, 0.29) is 6.09 Å². The molecular weight excluding hydrogens is 294 g/mol. The molecule has 2 rings (SSSR count). The highest BCUT2D eigenvalue weighted by Gasteiger charge is 2.46. The van der Waals surface area contributed by atoms with Crippen LogP contribution in [-0.2, 0) is 11.3 Å². The van der Waals surface area contributed by atoms with Gasteiger partial charge in [0.25, 0.3) is 0 Å². The number of nitrogens with zero attached hydrogens (tertiary/aromatic N) is 2. The number of likely N-dealkylation sites (tertiary alicyclic amines) is 1. The van der Waals surface area contributed by atoms with Crippen LogP contribution in [0.15, 0.2) is 24.3 Å². The lowest BCUT2D eigenvalue weighted by Gasteiger charge is -2.45. The van der Waals surface area contributed by atoms with Crippen LogP contribution < -0.4 is 10.1 Å². The molecule has 0 unspecified atom stereocenters. The summed E-state index contributed by atoms with van der Waals surface area (Å²) in [5.41, 5.74) is -0.189. The third-order valence-electron chi connectivity index (χ3n) is 3.58. The Morgan fingerprint density at radius 3 is 2.43 bits per heavy atom. The molecule has 23 heavy (non-hydrogen) atoms. The predicted molar refractivity (Wildman–Crippen MR) is 86.0 cm³/mol. The summed E-state index contributed by atoms with van der Waals surface area (Å²) in [6.45, 7) is 6.68. The Hall–Kier alpha value is -2.26. The Balaban J connectivity index is 1.87. The average molecular weight is 317 g/mol. The van der Waals surface area contributed by atoms with Crippen LogP contribution in [-0.4, -0.2) is 42.3 Å². The number of amides is 1. The van der Waals surface area contributed by atoms with Crippen LogP contribution in [0.2, 0.25) is 0 Å². The fourth-order valence-corrected chi connectivity index (χ4v) is 2.30. The zero-order valence-electron chi connectivity index (χ0n) is 14.0. The van der Waals surface area contributed by atoms with E-state index in [2.05, 4.69) is 11.4 Å². The number of carbonyl (C=O) groups is 1. The SMILES string of the molecule is COc1ccc(CNC2(C#N)CN(C(=O)OC(C)(C)C)C2)cc1. The van der Waals surface area contributed by atoms with Crippen LogP contribution in [0, 0.1) is 11.3 Å². The second kappa shape index (κ2) is 6.47. The number of ether oxygens (including phenoxy) is 2. The third kappa shape index (κ3) is 4.36. The van der Waals surface area contributed by atoms with Gasteiger partial charge in [-0.1, -0.05) is 12.1 Å². The number of methoxy groups -OCH3 is 1. The first-order chi connectivity index (χ1) is 10.8. The van der Waals surface area contributed by atoms with E-state index < -0.39 is 11.1 Å². The second-order valence-corrected chi connectivity index (χ2v) is 6.73. The van der Waals surface area contributed by atoms with Crippen LogP contribution in [0.4, 0.5) is 4.79 Å². The summed E-state index contributed by atoms with van der Waals surface area (Å²) in [5, 5.41) is 12.6. The molecule has 1 aliphatic heterocycles. The molecule has 1 fully saturated rings. The van der Waals surface area contributed by atoms with Crippen LogP contribution in [0.3, 0.4) is 0 Å². The van der Waals surface area contributed by atoms with Gasteiger partial charge in [-0.15, -0.1) is 0 Å². The minimum absolute atomic E-state index is 0.328. The van der Waals surface area contributed by atoms with Gasteiger partial charge in [0, 0.05) is 6.54 Å². The van der Waals surface area contributed by atoms with Crippen molar-refractivity contribution in [3.05, 3.63) is 29.8 Å². The Bertz CT molecular complexity index is 593. The quantitative estimate of drug-likeness (QED) is 0.922. The molecule has 0 aromatic heterocycles. The molecule has 1 saturated heterocycles. The first-order valence-corrected chi connectivity index (χ1v) is 7.54. The zero-order valence-corrected chi connectivity index (χ0v) is 14.0. The van der Waals surface area contributed by atoms with Gasteiger partial charge < -0.3 is 14.4 Å². The summed E-state index contributed by atoms with van der Waals surface area (Å²) in [7, 11) is 1.62. The van der Waals surface area contributed by atoms with E-state index in [1.807, 2.05) is 45.0 Å². The van der Waals surface area contributed by atoms with Gasteiger partial charge in [0.2, 0.25) is 0 Å². The number of nitrogens with one attached hydrogen (secondary N) is 1. The Labute approximate surface area is 137 Å². The first-order valence-electron chi connectivity index (χ1n) is 7.54. The van der Waals surface area contributed by atoms with E-state index >= 15 is 0 Å². The summed E-state index contributed by atoms with van der Waals surface area (Å²) in [6, 6.07) is 9.92. The summed E-state index contributed by atoms with van der Waals surface area (Å²) >= 11 is 0. The van der Waals surface area contributed by atoms with Crippen molar-refractivity contribution < 1.29 is 14.3 Å². The van der Waals surface area contributed by atoms with E-state index in [0.717, 1.165) is 11.3 Å². The van der Waals surface area contributed by atoms with Gasteiger partial charge in [-0.3, -0.25) is 5.32 Å². The van der Waals surface area contributed by atoms with Crippen molar-refractivity contribution in [2.45, 2.75) is 38.5 Å². The van der Waals surface area contributed by atoms with Gasteiger partial charge >= 0.3 is 6.09 Å². The summed E-state index contributed by atoms with van der Waals surface area (Å²) < 4.78 is 10.4. The molecular formula is C17H23N3O3. The van der Waals surface area contributed by atoms with Crippen molar-refractivity contribution in [3.8, 4) is 11.8 Å². The number of carbonyl (C=O) groups excluding carboxylic acids is 1. The molecule has 124 valence electrons. The van der Waals surface area contributed by atoms with Gasteiger partial charge in [-0.05, 0) is 38.5 Å². The normalized spacial score (nSPS) is 16.2. The largest absolute Gasteiger partial charge is 0.497 e. The van der Waals surface area contributed by atoms with Gasteiger partial charge in [-0.25, -0.2) is 4.79 Å². The Kier molecular flexibility index (Phi) is 4.81. The van der Waals surface area contributed by atoms with E-state index in [4.69, 9.17) is 9.47 Å². The number of hydrogen-bond donors (Lipinski definition) is 1. The molecule has 1 aromatic carbocycles. The lowest BCUT2D eigenvalue weighted by Crippen LogP contribution is -2.69. The second-order valence-electron chi connectivity index (χ2n) is 6.73. The van der Waals surface area contributed by atoms with Crippen LogP contribution in [0.5, 0.6) is 5.75 Å². The zero-order chi connectivity index (χ0) is 17.1. The van der Waals surface area contributed by atoms with Crippen LogP contribution in [0.25, 0.3) is 0 Å². The smallest absolute Gasteiger partial charge is 0.410 e. The molecule has 0 atom stereocenters. The molecule has 6 nitrogen and oxygen atoms in total. The topological polar surface area (TPSA) is 74.6 Å². The number of rotatable bonds is 4. The summed E-state index contributed by atoms with van der Waals surface area (Å²) in [5.74, 6) is 0.795. The van der Waals surface area contributed by atoms with E-state index in [0.29, 0.717) is 19.6 Å². The molecule has 1 heterocycles. The molecule has 0 saturated carbocycles. The number of benzene rings is 1. The van der Waals surface area contributed by atoms with Gasteiger partial charge in [0.1, 0.15) is 16.9 Å². The Morgan fingerprint density at radius 2 is 1.96 bits per heavy atom. The fourth-order valence-electron chi connectivity index (χ4n) is 2.30. The highest BCUT2D eigenvalue weighted by Crippen LogP contribution is 2.23. The third-order valence-corrected chi connectivity index (χ3v) is 3.58. The van der Waals surface area contributed by atoms with Gasteiger partial charge in [0.05, 0.1) is 26.3 Å². The van der Waals surface area contributed by atoms with Crippen LogP contribution >= 0.6 is 0 Å². The standard InChI is InChI=1S/C17H23N3O3/c1-16(2,3)23-15(21)20-11-17(10-18,12-20)19-9-13-5-7-14(22-4)8-6-13/h5-8,19H,9,11-12H2,1-4H3. The predicted octanol–water partition coefficient (Wildman–Crippen LogP) is 2.30. The molecule has 1 aliphatic rings. The molecule has 1 amide bonds. The van der Waals surface area contributed by atoms with Crippen molar-refractivity contribution in [2.24, 2.45) is 0 Å².